The smallest absolute Gasteiger partial charge is 0.185 e. The molecule has 1 fully saturated rings. The van der Waals surface area contributed by atoms with E-state index in [1.165, 1.54) is 0 Å². The molecule has 0 spiro atoms. The Morgan fingerprint density at radius 3 is 3.07 bits per heavy atom. The van der Waals surface area contributed by atoms with E-state index in [-0.39, 0.29) is 0 Å². The molecule has 0 N–H and O–H groups in total. The van der Waals surface area contributed by atoms with Crippen LogP contribution in [0.15, 0.2) is 5.38 Å². The number of morpholine rings is 1. The van der Waals surface area contributed by atoms with Crippen molar-refractivity contribution in [1.29, 1.82) is 0 Å². The summed E-state index contributed by atoms with van der Waals surface area (Å²) in [5.74, 6) is 0. The Morgan fingerprint density at radius 2 is 2.36 bits per heavy atom. The first-order valence-electron chi connectivity index (χ1n) is 4.61. The Kier molecular flexibility index (Phi) is 3.10. The monoisotopic (exact) mass is 212 g/mol. The van der Waals surface area contributed by atoms with E-state index in [4.69, 9.17) is 4.74 Å². The van der Waals surface area contributed by atoms with Crippen molar-refractivity contribution < 1.29 is 9.53 Å². The van der Waals surface area contributed by atoms with E-state index < -0.39 is 0 Å². The summed E-state index contributed by atoms with van der Waals surface area (Å²) in [5.41, 5.74) is 0.867. The zero-order valence-corrected chi connectivity index (χ0v) is 8.63. The zero-order chi connectivity index (χ0) is 9.80. The summed E-state index contributed by atoms with van der Waals surface area (Å²) in [6.07, 6.45) is 1.30. The molecule has 0 bridgehead atoms. The summed E-state index contributed by atoms with van der Waals surface area (Å²) in [7, 11) is 0. The van der Waals surface area contributed by atoms with Crippen LogP contribution in [-0.4, -0.2) is 37.6 Å². The largest absolute Gasteiger partial charge is 0.378 e. The SMILES string of the molecule is O=CCc1csc(N2CCOCC2)n1. The van der Waals surface area contributed by atoms with Gasteiger partial charge in [-0.1, -0.05) is 0 Å². The van der Waals surface area contributed by atoms with Gasteiger partial charge in [0.25, 0.3) is 0 Å². The lowest BCUT2D eigenvalue weighted by molar-refractivity contribution is -0.107. The van der Waals surface area contributed by atoms with Crippen LogP contribution >= 0.6 is 11.3 Å². The van der Waals surface area contributed by atoms with Crippen LogP contribution in [-0.2, 0) is 16.0 Å². The van der Waals surface area contributed by atoms with Crippen LogP contribution < -0.4 is 4.90 Å². The molecule has 76 valence electrons. The zero-order valence-electron chi connectivity index (χ0n) is 7.81. The summed E-state index contributed by atoms with van der Waals surface area (Å²) in [4.78, 5) is 16.9. The predicted octanol–water partition coefficient (Wildman–Crippen LogP) is 0.721. The van der Waals surface area contributed by atoms with Gasteiger partial charge in [0.2, 0.25) is 0 Å². The molecule has 0 aromatic carbocycles. The van der Waals surface area contributed by atoms with E-state index >= 15 is 0 Å². The number of carbonyl (C=O) groups excluding carboxylic acids is 1. The van der Waals surface area contributed by atoms with Gasteiger partial charge in [-0.15, -0.1) is 11.3 Å². The number of hydrogen-bond donors (Lipinski definition) is 0. The third-order valence-electron chi connectivity index (χ3n) is 2.11. The van der Waals surface area contributed by atoms with Crippen LogP contribution in [0.25, 0.3) is 0 Å². The number of thiazole rings is 1. The normalized spacial score (nSPS) is 17.0. The molecule has 14 heavy (non-hydrogen) atoms. The maximum atomic E-state index is 10.3. The molecule has 0 aliphatic carbocycles. The fourth-order valence-corrected chi connectivity index (χ4v) is 2.27. The molecule has 1 aromatic rings. The molecule has 1 aliphatic heterocycles. The maximum absolute atomic E-state index is 10.3. The first kappa shape index (κ1) is 9.61. The molecule has 1 aromatic heterocycles. The highest BCUT2D eigenvalue weighted by atomic mass is 32.1. The summed E-state index contributed by atoms with van der Waals surface area (Å²) in [6, 6.07) is 0. The lowest BCUT2D eigenvalue weighted by atomic mass is 10.4. The van der Waals surface area contributed by atoms with Crippen molar-refractivity contribution in [2.45, 2.75) is 6.42 Å². The van der Waals surface area contributed by atoms with Gasteiger partial charge in [-0.25, -0.2) is 4.98 Å². The number of hydrogen-bond acceptors (Lipinski definition) is 5. The number of nitrogens with zero attached hydrogens (tertiary/aromatic N) is 2. The van der Waals surface area contributed by atoms with Crippen molar-refractivity contribution in [2.75, 3.05) is 31.2 Å². The number of rotatable bonds is 3. The first-order chi connectivity index (χ1) is 6.90. The number of aldehydes is 1. The van der Waals surface area contributed by atoms with Gasteiger partial charge in [0.05, 0.1) is 18.9 Å². The molecular weight excluding hydrogens is 200 g/mol. The van der Waals surface area contributed by atoms with E-state index in [9.17, 15) is 4.79 Å². The Hall–Kier alpha value is -0.940. The molecule has 0 amide bonds. The second-order valence-corrected chi connectivity index (χ2v) is 3.93. The van der Waals surface area contributed by atoms with Crippen molar-refractivity contribution in [3.63, 3.8) is 0 Å². The molecule has 1 aliphatic rings. The van der Waals surface area contributed by atoms with Crippen molar-refractivity contribution >= 4 is 22.8 Å². The van der Waals surface area contributed by atoms with Gasteiger partial charge in [0.15, 0.2) is 5.13 Å². The van der Waals surface area contributed by atoms with Crippen LogP contribution in [0.5, 0.6) is 0 Å². The summed E-state index contributed by atoms with van der Waals surface area (Å²) >= 11 is 1.60. The molecule has 2 heterocycles. The average molecular weight is 212 g/mol. The van der Waals surface area contributed by atoms with Gasteiger partial charge >= 0.3 is 0 Å². The molecule has 0 atom stereocenters. The Bertz CT molecular complexity index is 308. The van der Waals surface area contributed by atoms with E-state index in [0.717, 1.165) is 43.4 Å². The van der Waals surface area contributed by atoms with Crippen molar-refractivity contribution in [3.05, 3.63) is 11.1 Å². The van der Waals surface area contributed by atoms with Gasteiger partial charge in [-0.2, -0.15) is 0 Å². The highest BCUT2D eigenvalue weighted by molar-refractivity contribution is 7.13. The highest BCUT2D eigenvalue weighted by Crippen LogP contribution is 2.21. The first-order valence-corrected chi connectivity index (χ1v) is 5.49. The van der Waals surface area contributed by atoms with E-state index in [1.807, 2.05) is 5.38 Å². The van der Waals surface area contributed by atoms with Gasteiger partial charge in [0, 0.05) is 24.9 Å². The van der Waals surface area contributed by atoms with Crippen LogP contribution in [0.1, 0.15) is 5.69 Å². The lowest BCUT2D eigenvalue weighted by Crippen LogP contribution is -2.36. The fourth-order valence-electron chi connectivity index (χ4n) is 1.38. The van der Waals surface area contributed by atoms with Crippen LogP contribution in [0, 0.1) is 0 Å². The Balaban J connectivity index is 2.03. The minimum Gasteiger partial charge on any atom is -0.378 e. The van der Waals surface area contributed by atoms with Crippen LogP contribution in [0.3, 0.4) is 0 Å². The minimum absolute atomic E-state index is 0.417. The molecule has 2 rings (SSSR count). The standard InChI is InChI=1S/C9H12N2O2S/c12-4-1-8-7-14-9(10-8)11-2-5-13-6-3-11/h4,7H,1-3,5-6H2. The highest BCUT2D eigenvalue weighted by Gasteiger charge is 2.14. The van der Waals surface area contributed by atoms with Crippen LogP contribution in [0.4, 0.5) is 5.13 Å². The predicted molar refractivity (Wildman–Crippen MR) is 54.9 cm³/mol. The second-order valence-electron chi connectivity index (χ2n) is 3.09. The average Bonchev–Trinajstić information content (AvgIpc) is 2.68. The van der Waals surface area contributed by atoms with Crippen molar-refractivity contribution in [3.8, 4) is 0 Å². The lowest BCUT2D eigenvalue weighted by Gasteiger charge is -2.25. The third kappa shape index (κ3) is 2.10. The maximum Gasteiger partial charge on any atom is 0.185 e. The summed E-state index contributed by atoms with van der Waals surface area (Å²) in [6.45, 7) is 3.33. The van der Waals surface area contributed by atoms with Gasteiger partial charge in [-0.05, 0) is 0 Å². The Labute approximate surface area is 86.5 Å². The second kappa shape index (κ2) is 4.52. The molecule has 0 radical (unpaired) electrons. The fraction of sp³-hybridized carbons (Fsp3) is 0.556. The van der Waals surface area contributed by atoms with Crippen molar-refractivity contribution in [2.24, 2.45) is 0 Å². The molecule has 1 saturated heterocycles. The molecule has 0 unspecified atom stereocenters. The van der Waals surface area contributed by atoms with Gasteiger partial charge in [-0.3, -0.25) is 0 Å². The third-order valence-corrected chi connectivity index (χ3v) is 3.06. The summed E-state index contributed by atoms with van der Waals surface area (Å²) < 4.78 is 5.25. The number of anilines is 1. The quantitative estimate of drug-likeness (QED) is 0.692. The summed E-state index contributed by atoms with van der Waals surface area (Å²) in [5, 5.41) is 2.95. The number of aromatic nitrogens is 1. The number of carbonyl (C=O) groups is 1. The Morgan fingerprint density at radius 1 is 1.57 bits per heavy atom. The topological polar surface area (TPSA) is 42.4 Å². The van der Waals surface area contributed by atoms with Gasteiger partial charge in [0.1, 0.15) is 6.29 Å². The van der Waals surface area contributed by atoms with Gasteiger partial charge < -0.3 is 14.4 Å². The molecule has 4 nitrogen and oxygen atoms in total. The van der Waals surface area contributed by atoms with Crippen molar-refractivity contribution in [1.82, 2.24) is 4.98 Å². The molecule has 0 saturated carbocycles. The molecular formula is C9H12N2O2S. The van der Waals surface area contributed by atoms with Crippen LogP contribution in [0.2, 0.25) is 0 Å². The van der Waals surface area contributed by atoms with E-state index in [1.54, 1.807) is 11.3 Å². The van der Waals surface area contributed by atoms with E-state index in [2.05, 4.69) is 9.88 Å². The molecule has 5 heteroatoms. The number of ether oxygens (including phenoxy) is 1. The van der Waals surface area contributed by atoms with E-state index in [0.29, 0.717) is 6.42 Å². The minimum atomic E-state index is 0.417.